The standard InChI is InChI=1S/C14H26O4/c15-12-10-13(11-12)16-7-3-1-4-8-17-14-6-2-5-9-18-14/h12-15H,1-11H2. The average Bonchev–Trinajstić information content (AvgIpc) is 2.36. The van der Waals surface area contributed by atoms with E-state index in [1.54, 1.807) is 0 Å². The lowest BCUT2D eigenvalue weighted by Gasteiger charge is -2.31. The number of ether oxygens (including phenoxy) is 3. The van der Waals surface area contributed by atoms with Crippen LogP contribution in [0, 0.1) is 0 Å². The third kappa shape index (κ3) is 5.22. The topological polar surface area (TPSA) is 47.9 Å². The predicted molar refractivity (Wildman–Crippen MR) is 68.4 cm³/mol. The highest BCUT2D eigenvalue weighted by Gasteiger charge is 2.27. The summed E-state index contributed by atoms with van der Waals surface area (Å²) in [5, 5.41) is 9.11. The van der Waals surface area contributed by atoms with Crippen molar-refractivity contribution in [3.05, 3.63) is 0 Å². The Morgan fingerprint density at radius 1 is 1.00 bits per heavy atom. The van der Waals surface area contributed by atoms with E-state index in [2.05, 4.69) is 0 Å². The first kappa shape index (κ1) is 14.3. The lowest BCUT2D eigenvalue weighted by Crippen LogP contribution is -2.35. The second-order valence-corrected chi connectivity index (χ2v) is 5.35. The summed E-state index contributed by atoms with van der Waals surface area (Å²) in [6, 6.07) is 0. The van der Waals surface area contributed by atoms with Crippen LogP contribution in [0.3, 0.4) is 0 Å². The summed E-state index contributed by atoms with van der Waals surface area (Å²) in [5.74, 6) is 0. The average molecular weight is 258 g/mol. The van der Waals surface area contributed by atoms with Gasteiger partial charge >= 0.3 is 0 Å². The van der Waals surface area contributed by atoms with Gasteiger partial charge in [-0.05, 0) is 51.4 Å². The summed E-state index contributed by atoms with van der Waals surface area (Å²) < 4.78 is 16.8. The highest BCUT2D eigenvalue weighted by atomic mass is 16.7. The first-order chi connectivity index (χ1) is 8.84. The highest BCUT2D eigenvalue weighted by molar-refractivity contribution is 4.78. The number of rotatable bonds is 8. The van der Waals surface area contributed by atoms with Crippen molar-refractivity contribution in [1.29, 1.82) is 0 Å². The van der Waals surface area contributed by atoms with Gasteiger partial charge in [0.1, 0.15) is 0 Å². The largest absolute Gasteiger partial charge is 0.393 e. The lowest BCUT2D eigenvalue weighted by molar-refractivity contribution is -0.162. The summed E-state index contributed by atoms with van der Waals surface area (Å²) in [6.45, 7) is 2.47. The second-order valence-electron chi connectivity index (χ2n) is 5.35. The van der Waals surface area contributed by atoms with Crippen LogP contribution in [-0.2, 0) is 14.2 Å². The van der Waals surface area contributed by atoms with E-state index in [0.717, 1.165) is 58.3 Å². The van der Waals surface area contributed by atoms with E-state index >= 15 is 0 Å². The van der Waals surface area contributed by atoms with E-state index < -0.39 is 0 Å². The maximum absolute atomic E-state index is 9.11. The molecule has 1 aliphatic carbocycles. The van der Waals surface area contributed by atoms with Gasteiger partial charge in [-0.2, -0.15) is 0 Å². The molecule has 0 spiro atoms. The number of hydrogen-bond acceptors (Lipinski definition) is 4. The van der Waals surface area contributed by atoms with Crippen molar-refractivity contribution < 1.29 is 19.3 Å². The molecule has 0 radical (unpaired) electrons. The van der Waals surface area contributed by atoms with Crippen LogP contribution in [0.15, 0.2) is 0 Å². The monoisotopic (exact) mass is 258 g/mol. The molecule has 1 atom stereocenters. The molecule has 1 unspecified atom stereocenters. The van der Waals surface area contributed by atoms with Crippen molar-refractivity contribution in [2.45, 2.75) is 69.9 Å². The van der Waals surface area contributed by atoms with Gasteiger partial charge in [-0.1, -0.05) is 0 Å². The first-order valence-corrected chi connectivity index (χ1v) is 7.37. The fourth-order valence-corrected chi connectivity index (χ4v) is 2.36. The Morgan fingerprint density at radius 3 is 2.44 bits per heavy atom. The molecule has 1 saturated heterocycles. The number of aliphatic hydroxyl groups is 1. The van der Waals surface area contributed by atoms with E-state index in [1.165, 1.54) is 12.8 Å². The van der Waals surface area contributed by atoms with Crippen molar-refractivity contribution in [2.75, 3.05) is 19.8 Å². The normalized spacial score (nSPS) is 32.2. The molecule has 4 heteroatoms. The third-order valence-corrected chi connectivity index (χ3v) is 3.65. The van der Waals surface area contributed by atoms with Gasteiger partial charge in [0.25, 0.3) is 0 Å². The SMILES string of the molecule is OC1CC(OCCCCCOC2CCCCO2)C1. The fraction of sp³-hybridized carbons (Fsp3) is 1.00. The molecule has 0 aromatic heterocycles. The van der Waals surface area contributed by atoms with Gasteiger partial charge in [0, 0.05) is 19.8 Å². The fourth-order valence-electron chi connectivity index (χ4n) is 2.36. The van der Waals surface area contributed by atoms with Crippen LogP contribution in [-0.4, -0.2) is 43.4 Å². The van der Waals surface area contributed by atoms with Gasteiger partial charge in [-0.15, -0.1) is 0 Å². The van der Waals surface area contributed by atoms with Crippen molar-refractivity contribution in [3.63, 3.8) is 0 Å². The van der Waals surface area contributed by atoms with Crippen molar-refractivity contribution in [1.82, 2.24) is 0 Å². The van der Waals surface area contributed by atoms with E-state index in [-0.39, 0.29) is 12.4 Å². The molecule has 106 valence electrons. The molecular formula is C14H26O4. The van der Waals surface area contributed by atoms with Crippen molar-refractivity contribution >= 4 is 0 Å². The lowest BCUT2D eigenvalue weighted by atomic mass is 9.92. The van der Waals surface area contributed by atoms with E-state index in [1.807, 2.05) is 0 Å². The maximum Gasteiger partial charge on any atom is 0.157 e. The van der Waals surface area contributed by atoms with Crippen LogP contribution >= 0.6 is 0 Å². The molecule has 1 heterocycles. The van der Waals surface area contributed by atoms with Gasteiger partial charge < -0.3 is 19.3 Å². The Kier molecular flexibility index (Phi) is 6.41. The summed E-state index contributed by atoms with van der Waals surface area (Å²) in [6.07, 6.45) is 8.65. The third-order valence-electron chi connectivity index (χ3n) is 3.65. The minimum atomic E-state index is -0.112. The zero-order valence-electron chi connectivity index (χ0n) is 11.2. The Balaban J connectivity index is 1.33. The maximum atomic E-state index is 9.11. The molecule has 0 aromatic carbocycles. The highest BCUT2D eigenvalue weighted by Crippen LogP contribution is 2.23. The molecule has 2 aliphatic rings. The van der Waals surface area contributed by atoms with Gasteiger partial charge in [0.2, 0.25) is 0 Å². The smallest absolute Gasteiger partial charge is 0.157 e. The molecule has 1 saturated carbocycles. The van der Waals surface area contributed by atoms with Gasteiger partial charge in [0.15, 0.2) is 6.29 Å². The zero-order valence-corrected chi connectivity index (χ0v) is 11.2. The summed E-state index contributed by atoms with van der Waals surface area (Å²) in [4.78, 5) is 0. The second kappa shape index (κ2) is 8.10. The van der Waals surface area contributed by atoms with Crippen LogP contribution in [0.2, 0.25) is 0 Å². The van der Waals surface area contributed by atoms with Crippen LogP contribution < -0.4 is 0 Å². The molecule has 2 fully saturated rings. The predicted octanol–water partition coefficient (Wildman–Crippen LogP) is 2.24. The molecule has 4 nitrogen and oxygen atoms in total. The molecule has 18 heavy (non-hydrogen) atoms. The van der Waals surface area contributed by atoms with Crippen LogP contribution in [0.4, 0.5) is 0 Å². The number of unbranched alkanes of at least 4 members (excludes halogenated alkanes) is 2. The Bertz CT molecular complexity index is 210. The summed E-state index contributed by atoms with van der Waals surface area (Å²) >= 11 is 0. The molecule has 1 N–H and O–H groups in total. The Hall–Kier alpha value is -0.160. The van der Waals surface area contributed by atoms with Gasteiger partial charge in [-0.25, -0.2) is 0 Å². The first-order valence-electron chi connectivity index (χ1n) is 7.37. The van der Waals surface area contributed by atoms with E-state index in [0.29, 0.717) is 6.10 Å². The molecule has 2 rings (SSSR count). The summed E-state index contributed by atoms with van der Waals surface area (Å²) in [5.41, 5.74) is 0. The van der Waals surface area contributed by atoms with Crippen LogP contribution in [0.5, 0.6) is 0 Å². The molecular weight excluding hydrogens is 232 g/mol. The van der Waals surface area contributed by atoms with Crippen molar-refractivity contribution in [3.8, 4) is 0 Å². The quantitative estimate of drug-likeness (QED) is 0.678. The van der Waals surface area contributed by atoms with Gasteiger partial charge in [-0.3, -0.25) is 0 Å². The molecule has 1 aliphatic heterocycles. The Labute approximate surface area is 110 Å². The minimum absolute atomic E-state index is 0.0477. The van der Waals surface area contributed by atoms with E-state index in [9.17, 15) is 0 Å². The zero-order chi connectivity index (χ0) is 12.6. The van der Waals surface area contributed by atoms with Crippen molar-refractivity contribution in [2.24, 2.45) is 0 Å². The number of aliphatic hydroxyl groups excluding tert-OH is 1. The molecule has 0 bridgehead atoms. The minimum Gasteiger partial charge on any atom is -0.393 e. The molecule has 0 aromatic rings. The van der Waals surface area contributed by atoms with Crippen LogP contribution in [0.25, 0.3) is 0 Å². The molecule has 0 amide bonds. The Morgan fingerprint density at radius 2 is 1.78 bits per heavy atom. The summed E-state index contributed by atoms with van der Waals surface area (Å²) in [7, 11) is 0. The number of hydrogen-bond donors (Lipinski definition) is 1. The van der Waals surface area contributed by atoms with Crippen LogP contribution in [0.1, 0.15) is 51.4 Å². The van der Waals surface area contributed by atoms with E-state index in [4.69, 9.17) is 19.3 Å². The van der Waals surface area contributed by atoms with Gasteiger partial charge in [0.05, 0.1) is 12.2 Å².